The SMILES string of the molecule is c1coc(-c2noc([C@H]3CCCN3)n2)c1. The molecule has 1 aliphatic heterocycles. The van der Waals surface area contributed by atoms with Crippen LogP contribution in [0.1, 0.15) is 24.8 Å². The summed E-state index contributed by atoms with van der Waals surface area (Å²) in [4.78, 5) is 4.30. The molecule has 2 aromatic heterocycles. The van der Waals surface area contributed by atoms with Gasteiger partial charge in [0.05, 0.1) is 12.3 Å². The fourth-order valence-electron chi connectivity index (χ4n) is 1.78. The maximum Gasteiger partial charge on any atom is 0.244 e. The van der Waals surface area contributed by atoms with Crippen molar-refractivity contribution in [3.63, 3.8) is 0 Å². The Morgan fingerprint density at radius 2 is 2.47 bits per heavy atom. The Labute approximate surface area is 86.5 Å². The van der Waals surface area contributed by atoms with Crippen molar-refractivity contribution in [1.29, 1.82) is 0 Å². The zero-order chi connectivity index (χ0) is 10.1. The quantitative estimate of drug-likeness (QED) is 0.809. The van der Waals surface area contributed by atoms with E-state index in [0.29, 0.717) is 17.5 Å². The van der Waals surface area contributed by atoms with E-state index in [2.05, 4.69) is 15.5 Å². The molecule has 1 aliphatic rings. The summed E-state index contributed by atoms with van der Waals surface area (Å²) in [5.41, 5.74) is 0. The highest BCUT2D eigenvalue weighted by Gasteiger charge is 2.23. The molecule has 15 heavy (non-hydrogen) atoms. The number of nitrogens with one attached hydrogen (secondary N) is 1. The van der Waals surface area contributed by atoms with Gasteiger partial charge in [0.2, 0.25) is 11.7 Å². The largest absolute Gasteiger partial charge is 0.461 e. The van der Waals surface area contributed by atoms with E-state index in [1.54, 1.807) is 12.3 Å². The molecule has 3 rings (SSSR count). The van der Waals surface area contributed by atoms with E-state index in [1.807, 2.05) is 6.07 Å². The average Bonchev–Trinajstić information content (AvgIpc) is 3.02. The van der Waals surface area contributed by atoms with E-state index in [1.165, 1.54) is 0 Å². The molecule has 0 bridgehead atoms. The summed E-state index contributed by atoms with van der Waals surface area (Å²) >= 11 is 0. The van der Waals surface area contributed by atoms with Crippen LogP contribution >= 0.6 is 0 Å². The van der Waals surface area contributed by atoms with Gasteiger partial charge >= 0.3 is 0 Å². The third kappa shape index (κ3) is 1.55. The lowest BCUT2D eigenvalue weighted by Crippen LogP contribution is -2.12. The van der Waals surface area contributed by atoms with Gasteiger partial charge in [-0.15, -0.1) is 0 Å². The fourth-order valence-corrected chi connectivity index (χ4v) is 1.78. The molecule has 1 saturated heterocycles. The van der Waals surface area contributed by atoms with Crippen molar-refractivity contribution in [2.45, 2.75) is 18.9 Å². The van der Waals surface area contributed by atoms with Gasteiger partial charge < -0.3 is 14.3 Å². The van der Waals surface area contributed by atoms with E-state index < -0.39 is 0 Å². The Bertz CT molecular complexity index is 429. The topological polar surface area (TPSA) is 64.1 Å². The summed E-state index contributed by atoms with van der Waals surface area (Å²) in [5.74, 6) is 1.81. The number of hydrogen-bond donors (Lipinski definition) is 1. The Morgan fingerprint density at radius 1 is 1.47 bits per heavy atom. The van der Waals surface area contributed by atoms with E-state index >= 15 is 0 Å². The van der Waals surface area contributed by atoms with Gasteiger partial charge in [-0.25, -0.2) is 0 Å². The second kappa shape index (κ2) is 3.51. The monoisotopic (exact) mass is 205 g/mol. The normalized spacial score (nSPS) is 20.9. The second-order valence-corrected chi connectivity index (χ2v) is 3.58. The summed E-state index contributed by atoms with van der Waals surface area (Å²) in [6.45, 7) is 1.02. The first kappa shape index (κ1) is 8.67. The van der Waals surface area contributed by atoms with Crippen molar-refractivity contribution in [1.82, 2.24) is 15.5 Å². The minimum absolute atomic E-state index is 0.209. The van der Waals surface area contributed by atoms with Crippen LogP contribution in [0.5, 0.6) is 0 Å². The predicted octanol–water partition coefficient (Wildman–Crippen LogP) is 1.75. The van der Waals surface area contributed by atoms with E-state index in [-0.39, 0.29) is 6.04 Å². The van der Waals surface area contributed by atoms with Crippen LogP contribution in [0.15, 0.2) is 27.3 Å². The van der Waals surface area contributed by atoms with Gasteiger partial charge in [-0.1, -0.05) is 5.16 Å². The molecule has 3 heterocycles. The van der Waals surface area contributed by atoms with Crippen LogP contribution in [0.3, 0.4) is 0 Å². The molecule has 1 N–H and O–H groups in total. The lowest BCUT2D eigenvalue weighted by atomic mass is 10.2. The first-order chi connectivity index (χ1) is 7.43. The minimum Gasteiger partial charge on any atom is -0.461 e. The zero-order valence-corrected chi connectivity index (χ0v) is 8.14. The van der Waals surface area contributed by atoms with Gasteiger partial charge in [0.1, 0.15) is 0 Å². The Morgan fingerprint density at radius 3 is 3.20 bits per heavy atom. The second-order valence-electron chi connectivity index (χ2n) is 3.58. The minimum atomic E-state index is 0.209. The van der Waals surface area contributed by atoms with Gasteiger partial charge in [0.25, 0.3) is 0 Å². The lowest BCUT2D eigenvalue weighted by molar-refractivity contribution is 0.344. The third-order valence-electron chi connectivity index (χ3n) is 2.54. The van der Waals surface area contributed by atoms with Gasteiger partial charge in [0, 0.05) is 0 Å². The van der Waals surface area contributed by atoms with Crippen molar-refractivity contribution in [3.8, 4) is 11.6 Å². The molecular weight excluding hydrogens is 194 g/mol. The molecule has 1 atom stereocenters. The highest BCUT2D eigenvalue weighted by atomic mass is 16.5. The first-order valence-corrected chi connectivity index (χ1v) is 5.04. The van der Waals surface area contributed by atoms with Crippen LogP contribution < -0.4 is 5.32 Å². The number of furan rings is 1. The first-order valence-electron chi connectivity index (χ1n) is 5.04. The summed E-state index contributed by atoms with van der Waals surface area (Å²) in [6.07, 6.45) is 3.81. The van der Waals surface area contributed by atoms with Crippen molar-refractivity contribution in [3.05, 3.63) is 24.3 Å². The number of aromatic nitrogens is 2. The molecule has 0 saturated carbocycles. The highest BCUT2D eigenvalue weighted by Crippen LogP contribution is 2.24. The lowest BCUT2D eigenvalue weighted by Gasteiger charge is -2.00. The standard InChI is InChI=1S/C10H11N3O2/c1-3-7(11-5-1)10-12-9(13-15-10)8-4-2-6-14-8/h2,4,6-7,11H,1,3,5H2/t7-/m1/s1. The van der Waals surface area contributed by atoms with Crippen molar-refractivity contribution >= 4 is 0 Å². The number of rotatable bonds is 2. The molecule has 0 aromatic carbocycles. The number of hydrogen-bond acceptors (Lipinski definition) is 5. The molecule has 5 heteroatoms. The van der Waals surface area contributed by atoms with Gasteiger partial charge in [0.15, 0.2) is 5.76 Å². The molecule has 0 amide bonds. The smallest absolute Gasteiger partial charge is 0.244 e. The Balaban J connectivity index is 1.87. The Hall–Kier alpha value is -1.62. The molecule has 0 spiro atoms. The van der Waals surface area contributed by atoms with E-state index in [4.69, 9.17) is 8.94 Å². The fraction of sp³-hybridized carbons (Fsp3) is 0.400. The maximum absolute atomic E-state index is 5.19. The summed E-state index contributed by atoms with van der Waals surface area (Å²) in [5, 5.41) is 7.19. The van der Waals surface area contributed by atoms with Gasteiger partial charge in [-0.2, -0.15) is 4.98 Å². The molecular formula is C10H11N3O2. The highest BCUT2D eigenvalue weighted by molar-refractivity contribution is 5.44. The van der Waals surface area contributed by atoms with E-state index in [9.17, 15) is 0 Å². The van der Waals surface area contributed by atoms with Crippen molar-refractivity contribution < 1.29 is 8.94 Å². The predicted molar refractivity (Wildman–Crippen MR) is 52.0 cm³/mol. The summed E-state index contributed by atoms with van der Waals surface area (Å²) in [7, 11) is 0. The molecule has 1 fully saturated rings. The summed E-state index contributed by atoms with van der Waals surface area (Å²) in [6, 6.07) is 3.83. The third-order valence-corrected chi connectivity index (χ3v) is 2.54. The van der Waals surface area contributed by atoms with Crippen LogP contribution in [0.2, 0.25) is 0 Å². The van der Waals surface area contributed by atoms with Crippen molar-refractivity contribution in [2.75, 3.05) is 6.54 Å². The zero-order valence-electron chi connectivity index (χ0n) is 8.14. The Kier molecular flexibility index (Phi) is 2.03. The molecule has 0 aliphatic carbocycles. The molecule has 2 aromatic rings. The van der Waals surface area contributed by atoms with Crippen LogP contribution in [0, 0.1) is 0 Å². The van der Waals surface area contributed by atoms with Crippen LogP contribution in [0.4, 0.5) is 0 Å². The van der Waals surface area contributed by atoms with Gasteiger partial charge in [-0.05, 0) is 31.5 Å². The molecule has 0 radical (unpaired) electrons. The van der Waals surface area contributed by atoms with Crippen LogP contribution in [-0.2, 0) is 0 Å². The molecule has 5 nitrogen and oxygen atoms in total. The van der Waals surface area contributed by atoms with Crippen LogP contribution in [-0.4, -0.2) is 16.7 Å². The van der Waals surface area contributed by atoms with Crippen molar-refractivity contribution in [2.24, 2.45) is 0 Å². The molecule has 78 valence electrons. The van der Waals surface area contributed by atoms with Gasteiger partial charge in [-0.3, -0.25) is 0 Å². The number of nitrogens with zero attached hydrogens (tertiary/aromatic N) is 2. The van der Waals surface area contributed by atoms with E-state index in [0.717, 1.165) is 19.4 Å². The molecule has 0 unspecified atom stereocenters. The summed E-state index contributed by atoms with van der Waals surface area (Å²) < 4.78 is 10.4. The van der Waals surface area contributed by atoms with Crippen LogP contribution in [0.25, 0.3) is 11.6 Å². The average molecular weight is 205 g/mol. The maximum atomic E-state index is 5.19.